The Hall–Kier alpha value is -0.570. The van der Waals surface area contributed by atoms with Gasteiger partial charge in [-0.25, -0.2) is 0 Å². The molecule has 0 aliphatic carbocycles. The van der Waals surface area contributed by atoms with Crippen molar-refractivity contribution in [2.75, 3.05) is 26.2 Å². The average molecular weight is 182 g/mol. The van der Waals surface area contributed by atoms with Crippen LogP contribution in [-0.2, 0) is 4.79 Å². The van der Waals surface area contributed by atoms with E-state index in [1.807, 2.05) is 4.90 Å². The summed E-state index contributed by atoms with van der Waals surface area (Å²) in [6, 6.07) is 0.718. The summed E-state index contributed by atoms with van der Waals surface area (Å²) < 4.78 is 0. The van der Waals surface area contributed by atoms with Crippen LogP contribution in [0, 0.1) is 5.41 Å². The number of likely N-dealkylation sites (tertiary alicyclic amines) is 2. The van der Waals surface area contributed by atoms with Gasteiger partial charge in [0.05, 0.1) is 0 Å². The second kappa shape index (κ2) is 2.98. The van der Waals surface area contributed by atoms with Gasteiger partial charge in [0, 0.05) is 37.6 Å². The molecule has 2 rings (SSSR count). The summed E-state index contributed by atoms with van der Waals surface area (Å²) in [6.07, 6.45) is 2.20. The highest BCUT2D eigenvalue weighted by atomic mass is 16.1. The van der Waals surface area contributed by atoms with Crippen molar-refractivity contribution in [1.82, 2.24) is 9.80 Å². The van der Waals surface area contributed by atoms with Crippen LogP contribution in [-0.4, -0.2) is 48.4 Å². The molecule has 2 saturated heterocycles. The molecule has 0 aromatic carbocycles. The van der Waals surface area contributed by atoms with Crippen molar-refractivity contribution >= 4 is 6.41 Å². The Morgan fingerprint density at radius 3 is 2.46 bits per heavy atom. The first kappa shape index (κ1) is 9.00. The molecule has 13 heavy (non-hydrogen) atoms. The number of carbonyl (C=O) groups is 1. The van der Waals surface area contributed by atoms with Crippen molar-refractivity contribution in [3.63, 3.8) is 0 Å². The highest BCUT2D eigenvalue weighted by Crippen LogP contribution is 2.39. The maximum atomic E-state index is 10.4. The van der Waals surface area contributed by atoms with E-state index in [0.29, 0.717) is 5.41 Å². The van der Waals surface area contributed by atoms with Gasteiger partial charge in [0.2, 0.25) is 6.41 Å². The molecule has 0 bridgehead atoms. The fourth-order valence-electron chi connectivity index (χ4n) is 2.48. The molecule has 0 N–H and O–H groups in total. The zero-order valence-electron chi connectivity index (χ0n) is 8.49. The average Bonchev–Trinajstić information content (AvgIpc) is 1.99. The number of rotatable bonds is 3. The molecule has 0 aromatic rings. The van der Waals surface area contributed by atoms with Crippen LogP contribution in [0.2, 0.25) is 0 Å². The zero-order chi connectivity index (χ0) is 9.47. The van der Waals surface area contributed by atoms with Gasteiger partial charge in [-0.3, -0.25) is 9.69 Å². The standard InChI is InChI=1S/C10H18N2O/c1-3-9(2)12-6-10(7-12)4-11(5-10)8-13/h8-9H,3-7H2,1-2H3. The third kappa shape index (κ3) is 1.35. The Bertz CT molecular complexity index is 203. The van der Waals surface area contributed by atoms with E-state index in [9.17, 15) is 4.79 Å². The summed E-state index contributed by atoms with van der Waals surface area (Å²) in [6.45, 7) is 8.89. The van der Waals surface area contributed by atoms with Crippen LogP contribution in [0.25, 0.3) is 0 Å². The molecule has 3 heteroatoms. The molecule has 2 heterocycles. The summed E-state index contributed by atoms with van der Waals surface area (Å²) in [5.74, 6) is 0. The molecular formula is C10H18N2O. The predicted octanol–water partition coefficient (Wildman–Crippen LogP) is 0.559. The molecule has 2 aliphatic rings. The van der Waals surface area contributed by atoms with Gasteiger partial charge in [-0.1, -0.05) is 6.92 Å². The molecule has 0 radical (unpaired) electrons. The Morgan fingerprint density at radius 1 is 1.38 bits per heavy atom. The quantitative estimate of drug-likeness (QED) is 0.595. The molecule has 3 nitrogen and oxygen atoms in total. The zero-order valence-corrected chi connectivity index (χ0v) is 8.49. The summed E-state index contributed by atoms with van der Waals surface area (Å²) in [5, 5.41) is 0. The van der Waals surface area contributed by atoms with Crippen molar-refractivity contribution in [1.29, 1.82) is 0 Å². The number of hydrogen-bond acceptors (Lipinski definition) is 2. The molecule has 0 saturated carbocycles. The SMILES string of the molecule is CCC(C)N1CC2(CN(C=O)C2)C1. The molecule has 2 aliphatic heterocycles. The van der Waals surface area contributed by atoms with Gasteiger partial charge in [0.15, 0.2) is 0 Å². The molecule has 2 fully saturated rings. The van der Waals surface area contributed by atoms with Gasteiger partial charge in [-0.05, 0) is 13.3 Å². The smallest absolute Gasteiger partial charge is 0.209 e. The lowest BCUT2D eigenvalue weighted by Crippen LogP contribution is -2.72. The van der Waals surface area contributed by atoms with Crippen LogP contribution < -0.4 is 0 Å². The first-order valence-corrected chi connectivity index (χ1v) is 5.12. The van der Waals surface area contributed by atoms with Crippen LogP contribution in [0.15, 0.2) is 0 Å². The Balaban J connectivity index is 1.76. The van der Waals surface area contributed by atoms with E-state index in [0.717, 1.165) is 25.5 Å². The molecule has 74 valence electrons. The number of carbonyl (C=O) groups excluding carboxylic acids is 1. The maximum absolute atomic E-state index is 10.4. The van der Waals surface area contributed by atoms with Crippen molar-refractivity contribution in [3.05, 3.63) is 0 Å². The Labute approximate surface area is 79.7 Å². The van der Waals surface area contributed by atoms with Gasteiger partial charge >= 0.3 is 0 Å². The van der Waals surface area contributed by atoms with E-state index in [2.05, 4.69) is 18.7 Å². The summed E-state index contributed by atoms with van der Waals surface area (Å²) in [7, 11) is 0. The second-order valence-electron chi connectivity index (χ2n) is 4.67. The first-order chi connectivity index (χ1) is 6.19. The summed E-state index contributed by atoms with van der Waals surface area (Å²) >= 11 is 0. The fraction of sp³-hybridized carbons (Fsp3) is 0.900. The molecule has 1 atom stereocenters. The van der Waals surface area contributed by atoms with E-state index in [1.165, 1.54) is 19.5 Å². The Kier molecular flexibility index (Phi) is 2.06. The lowest BCUT2D eigenvalue weighted by atomic mass is 9.72. The lowest BCUT2D eigenvalue weighted by Gasteiger charge is -2.60. The minimum Gasteiger partial charge on any atom is -0.344 e. The van der Waals surface area contributed by atoms with Crippen LogP contribution in [0.3, 0.4) is 0 Å². The molecule has 1 amide bonds. The van der Waals surface area contributed by atoms with Crippen LogP contribution in [0.1, 0.15) is 20.3 Å². The molecular weight excluding hydrogens is 164 g/mol. The van der Waals surface area contributed by atoms with Crippen molar-refractivity contribution in [3.8, 4) is 0 Å². The van der Waals surface area contributed by atoms with Crippen molar-refractivity contribution in [2.45, 2.75) is 26.3 Å². The summed E-state index contributed by atoms with van der Waals surface area (Å²) in [5.41, 5.74) is 0.490. The predicted molar refractivity (Wildman–Crippen MR) is 51.4 cm³/mol. The largest absolute Gasteiger partial charge is 0.344 e. The number of nitrogens with zero attached hydrogens (tertiary/aromatic N) is 2. The van der Waals surface area contributed by atoms with Gasteiger partial charge in [0.25, 0.3) is 0 Å². The van der Waals surface area contributed by atoms with Gasteiger partial charge in [-0.2, -0.15) is 0 Å². The number of hydrogen-bond donors (Lipinski definition) is 0. The van der Waals surface area contributed by atoms with E-state index >= 15 is 0 Å². The van der Waals surface area contributed by atoms with E-state index in [1.54, 1.807) is 0 Å². The van der Waals surface area contributed by atoms with Crippen molar-refractivity contribution < 1.29 is 4.79 Å². The fourth-order valence-corrected chi connectivity index (χ4v) is 2.48. The molecule has 1 unspecified atom stereocenters. The van der Waals surface area contributed by atoms with E-state index < -0.39 is 0 Å². The highest BCUT2D eigenvalue weighted by molar-refractivity contribution is 5.49. The highest BCUT2D eigenvalue weighted by Gasteiger charge is 2.51. The monoisotopic (exact) mass is 182 g/mol. The normalized spacial score (nSPS) is 28.0. The third-order valence-electron chi connectivity index (χ3n) is 3.52. The van der Waals surface area contributed by atoms with Gasteiger partial charge in [-0.15, -0.1) is 0 Å². The van der Waals surface area contributed by atoms with Crippen LogP contribution in [0.4, 0.5) is 0 Å². The van der Waals surface area contributed by atoms with Crippen molar-refractivity contribution in [2.24, 2.45) is 5.41 Å². The Morgan fingerprint density at radius 2 is 2.00 bits per heavy atom. The second-order valence-corrected chi connectivity index (χ2v) is 4.67. The van der Waals surface area contributed by atoms with Crippen LogP contribution in [0.5, 0.6) is 0 Å². The third-order valence-corrected chi connectivity index (χ3v) is 3.52. The van der Waals surface area contributed by atoms with Crippen LogP contribution >= 0.6 is 0 Å². The first-order valence-electron chi connectivity index (χ1n) is 5.12. The molecule has 0 aromatic heterocycles. The van der Waals surface area contributed by atoms with Gasteiger partial charge in [0.1, 0.15) is 0 Å². The lowest BCUT2D eigenvalue weighted by molar-refractivity contribution is -0.150. The topological polar surface area (TPSA) is 23.6 Å². The number of amides is 1. The van der Waals surface area contributed by atoms with Gasteiger partial charge < -0.3 is 4.90 Å². The molecule has 1 spiro atoms. The minimum absolute atomic E-state index is 0.490. The van der Waals surface area contributed by atoms with E-state index in [-0.39, 0.29) is 0 Å². The minimum atomic E-state index is 0.490. The maximum Gasteiger partial charge on any atom is 0.209 e. The van der Waals surface area contributed by atoms with E-state index in [4.69, 9.17) is 0 Å². The summed E-state index contributed by atoms with van der Waals surface area (Å²) in [4.78, 5) is 14.8.